The predicted molar refractivity (Wildman–Crippen MR) is 95.6 cm³/mol. The van der Waals surface area contributed by atoms with E-state index in [-0.39, 0.29) is 5.54 Å². The lowest BCUT2D eigenvalue weighted by molar-refractivity contribution is -0.737. The molecule has 0 fully saturated rings. The highest BCUT2D eigenvalue weighted by Gasteiger charge is 2.28. The van der Waals surface area contributed by atoms with Crippen molar-refractivity contribution in [3.8, 4) is 11.5 Å². The quantitative estimate of drug-likeness (QED) is 0.780. The Morgan fingerprint density at radius 1 is 1.14 bits per heavy atom. The Kier molecular flexibility index (Phi) is 6.75. The van der Waals surface area contributed by atoms with Gasteiger partial charge in [0.25, 0.3) is 0 Å². The van der Waals surface area contributed by atoms with Gasteiger partial charge in [0.05, 0.1) is 23.7 Å². The van der Waals surface area contributed by atoms with E-state index in [9.17, 15) is 0 Å². The number of quaternary nitrogens is 1. The highest BCUT2D eigenvalue weighted by Crippen LogP contribution is 2.36. The first kappa shape index (κ1) is 19.3. The van der Waals surface area contributed by atoms with Gasteiger partial charge in [-0.1, -0.05) is 20.8 Å². The van der Waals surface area contributed by atoms with Crippen LogP contribution in [0.25, 0.3) is 0 Å². The van der Waals surface area contributed by atoms with E-state index in [0.717, 1.165) is 28.9 Å². The van der Waals surface area contributed by atoms with Crippen LogP contribution in [0.4, 0.5) is 0 Å². The third-order valence-corrected chi connectivity index (χ3v) is 4.04. The Hall–Kier alpha value is -0.740. The second-order valence-electron chi connectivity index (χ2n) is 7.68. The second kappa shape index (κ2) is 7.69. The second-order valence-corrected chi connectivity index (χ2v) is 8.53. The lowest BCUT2D eigenvalue weighted by Gasteiger charge is -2.30. The van der Waals surface area contributed by atoms with Gasteiger partial charge in [-0.25, -0.2) is 0 Å². The summed E-state index contributed by atoms with van der Waals surface area (Å²) in [6.45, 7) is 15.0. The van der Waals surface area contributed by atoms with Gasteiger partial charge < -0.3 is 14.8 Å². The smallest absolute Gasteiger partial charge is 0.174 e. The number of halogens is 1. The van der Waals surface area contributed by atoms with Gasteiger partial charge in [-0.3, -0.25) is 0 Å². The van der Waals surface area contributed by atoms with Crippen LogP contribution in [0, 0.1) is 5.41 Å². The van der Waals surface area contributed by atoms with Crippen LogP contribution in [0.2, 0.25) is 0 Å². The van der Waals surface area contributed by atoms with Gasteiger partial charge in [0.2, 0.25) is 0 Å². The van der Waals surface area contributed by atoms with E-state index in [1.54, 1.807) is 7.11 Å². The fourth-order valence-electron chi connectivity index (χ4n) is 3.03. The lowest BCUT2D eigenvalue weighted by Crippen LogP contribution is -2.94. The Morgan fingerprint density at radius 3 is 2.27 bits per heavy atom. The molecule has 0 spiro atoms. The van der Waals surface area contributed by atoms with Crippen LogP contribution < -0.4 is 14.8 Å². The summed E-state index contributed by atoms with van der Waals surface area (Å²) in [6.07, 6.45) is 1.16. The molecule has 0 heterocycles. The molecule has 0 amide bonds. The summed E-state index contributed by atoms with van der Waals surface area (Å²) in [5.74, 6) is 1.57. The highest BCUT2D eigenvalue weighted by atomic mass is 79.9. The molecule has 1 rings (SSSR count). The van der Waals surface area contributed by atoms with Crippen molar-refractivity contribution in [3.63, 3.8) is 0 Å². The van der Waals surface area contributed by atoms with Crippen LogP contribution in [0.15, 0.2) is 16.6 Å². The Bertz CT molecular complexity index is 493. The first-order chi connectivity index (χ1) is 10.1. The van der Waals surface area contributed by atoms with E-state index >= 15 is 0 Å². The Labute approximate surface area is 143 Å². The summed E-state index contributed by atoms with van der Waals surface area (Å²) < 4.78 is 12.0. The van der Waals surface area contributed by atoms with Gasteiger partial charge in [-0.15, -0.1) is 0 Å². The molecule has 0 aliphatic carbocycles. The van der Waals surface area contributed by atoms with Crippen LogP contribution in [-0.4, -0.2) is 19.3 Å². The van der Waals surface area contributed by atoms with Crippen molar-refractivity contribution in [2.75, 3.05) is 13.7 Å². The molecule has 0 atom stereocenters. The maximum atomic E-state index is 5.69. The average molecular weight is 373 g/mol. The molecule has 22 heavy (non-hydrogen) atoms. The summed E-state index contributed by atoms with van der Waals surface area (Å²) in [5.41, 5.74) is 1.77. The van der Waals surface area contributed by atoms with Gasteiger partial charge >= 0.3 is 0 Å². The van der Waals surface area contributed by atoms with E-state index < -0.39 is 0 Å². The molecular weight excluding hydrogens is 342 g/mol. The zero-order valence-electron chi connectivity index (χ0n) is 15.0. The summed E-state index contributed by atoms with van der Waals surface area (Å²) in [6, 6.07) is 4.20. The number of nitrogens with two attached hydrogens (primary N) is 1. The predicted octanol–water partition coefficient (Wildman–Crippen LogP) is 4.13. The highest BCUT2D eigenvalue weighted by molar-refractivity contribution is 9.10. The van der Waals surface area contributed by atoms with E-state index in [1.165, 1.54) is 5.56 Å². The first-order valence-electron chi connectivity index (χ1n) is 7.91. The summed E-state index contributed by atoms with van der Waals surface area (Å²) in [4.78, 5) is 0. The molecule has 0 saturated heterocycles. The van der Waals surface area contributed by atoms with Crippen molar-refractivity contribution in [1.82, 2.24) is 0 Å². The van der Waals surface area contributed by atoms with E-state index in [2.05, 4.69) is 68.0 Å². The standard InChI is InChI=1S/C18H30BrNO2/c1-8-22-15-10-13(9-14(19)16(15)21-7)11-20-18(5,6)12-17(2,3)4/h9-10,20H,8,11-12H2,1-7H3/p+1. The van der Waals surface area contributed by atoms with Crippen molar-refractivity contribution in [2.24, 2.45) is 5.41 Å². The zero-order chi connectivity index (χ0) is 17.0. The van der Waals surface area contributed by atoms with Crippen molar-refractivity contribution in [3.05, 3.63) is 22.2 Å². The molecule has 126 valence electrons. The van der Waals surface area contributed by atoms with E-state index in [1.807, 2.05) is 6.92 Å². The molecule has 4 heteroatoms. The van der Waals surface area contributed by atoms with Crippen molar-refractivity contribution < 1.29 is 14.8 Å². The SMILES string of the molecule is CCOc1cc(C[NH2+]C(C)(C)CC(C)(C)C)cc(Br)c1OC. The minimum atomic E-state index is 0.205. The molecule has 0 bridgehead atoms. The average Bonchev–Trinajstić information content (AvgIpc) is 2.34. The van der Waals surface area contributed by atoms with Crippen molar-refractivity contribution >= 4 is 15.9 Å². The number of hydrogen-bond donors (Lipinski definition) is 1. The van der Waals surface area contributed by atoms with Crippen molar-refractivity contribution in [2.45, 2.75) is 60.0 Å². The van der Waals surface area contributed by atoms with Crippen LogP contribution in [0.3, 0.4) is 0 Å². The van der Waals surface area contributed by atoms with Gasteiger partial charge in [-0.2, -0.15) is 0 Å². The molecule has 1 aromatic carbocycles. The van der Waals surface area contributed by atoms with Crippen LogP contribution in [-0.2, 0) is 6.54 Å². The first-order valence-corrected chi connectivity index (χ1v) is 8.71. The zero-order valence-corrected chi connectivity index (χ0v) is 16.6. The normalized spacial score (nSPS) is 12.4. The van der Waals surface area contributed by atoms with Crippen molar-refractivity contribution in [1.29, 1.82) is 0 Å². The summed E-state index contributed by atoms with van der Waals surface area (Å²) in [7, 11) is 1.67. The van der Waals surface area contributed by atoms with E-state index in [4.69, 9.17) is 9.47 Å². The largest absolute Gasteiger partial charge is 0.492 e. The Morgan fingerprint density at radius 2 is 1.77 bits per heavy atom. The maximum Gasteiger partial charge on any atom is 0.174 e. The molecule has 0 aliphatic rings. The number of methoxy groups -OCH3 is 1. The third-order valence-electron chi connectivity index (χ3n) is 3.45. The molecule has 0 aliphatic heterocycles. The molecular formula is C18H31BrNO2+. The van der Waals surface area contributed by atoms with Crippen LogP contribution in [0.1, 0.15) is 53.5 Å². The molecule has 1 aromatic rings. The fraction of sp³-hybridized carbons (Fsp3) is 0.667. The van der Waals surface area contributed by atoms with E-state index in [0.29, 0.717) is 12.0 Å². The number of rotatable bonds is 7. The maximum absolute atomic E-state index is 5.69. The summed E-state index contributed by atoms with van der Waals surface area (Å²) >= 11 is 3.58. The number of hydrogen-bond acceptors (Lipinski definition) is 2. The lowest BCUT2D eigenvalue weighted by atomic mass is 9.82. The molecule has 3 nitrogen and oxygen atoms in total. The Balaban J connectivity index is 2.86. The minimum Gasteiger partial charge on any atom is -0.492 e. The molecule has 0 saturated carbocycles. The molecule has 0 unspecified atom stereocenters. The van der Waals surface area contributed by atoms with Gasteiger partial charge in [0, 0.05) is 12.0 Å². The van der Waals surface area contributed by atoms with Gasteiger partial charge in [0.15, 0.2) is 11.5 Å². The topological polar surface area (TPSA) is 35.1 Å². The molecule has 2 N–H and O–H groups in total. The number of benzene rings is 1. The molecule has 0 radical (unpaired) electrons. The minimum absolute atomic E-state index is 0.205. The van der Waals surface area contributed by atoms with Crippen LogP contribution in [0.5, 0.6) is 11.5 Å². The van der Waals surface area contributed by atoms with Gasteiger partial charge in [0.1, 0.15) is 6.54 Å². The fourth-order valence-corrected chi connectivity index (χ4v) is 3.68. The monoisotopic (exact) mass is 372 g/mol. The summed E-state index contributed by atoms with van der Waals surface area (Å²) in [5, 5.41) is 2.40. The third kappa shape index (κ3) is 6.17. The van der Waals surface area contributed by atoms with Crippen LogP contribution >= 0.6 is 15.9 Å². The number of ether oxygens (including phenoxy) is 2. The molecule has 0 aromatic heterocycles. The van der Waals surface area contributed by atoms with Gasteiger partial charge in [-0.05, 0) is 54.2 Å².